The van der Waals surface area contributed by atoms with Crippen LogP contribution in [-0.4, -0.2) is 49.0 Å². The Kier molecular flexibility index (Phi) is 5.23. The van der Waals surface area contributed by atoms with Gasteiger partial charge in [-0.1, -0.05) is 37.8 Å². The number of hydrogen-bond donors (Lipinski definition) is 0. The van der Waals surface area contributed by atoms with E-state index in [9.17, 15) is 14.4 Å². The highest BCUT2D eigenvalue weighted by Crippen LogP contribution is 2.41. The summed E-state index contributed by atoms with van der Waals surface area (Å²) in [6, 6.07) is 10.4. The van der Waals surface area contributed by atoms with E-state index < -0.39 is 25.9 Å². The number of ether oxygens (including phenoxy) is 2. The maximum atomic E-state index is 13.0. The van der Waals surface area contributed by atoms with E-state index in [0.717, 1.165) is 21.8 Å². The number of rotatable bonds is 6. The van der Waals surface area contributed by atoms with Crippen LogP contribution >= 0.6 is 0 Å². The van der Waals surface area contributed by atoms with Gasteiger partial charge in [-0.15, -0.1) is 0 Å². The number of hydrogen-bond acceptors (Lipinski definition) is 5. The molecule has 2 amide bonds. The summed E-state index contributed by atoms with van der Waals surface area (Å²) in [5, 5.41) is 1.53. The van der Waals surface area contributed by atoms with E-state index in [-0.39, 0.29) is 16.9 Å². The molecule has 0 bridgehead atoms. The summed E-state index contributed by atoms with van der Waals surface area (Å²) in [5.41, 5.74) is 2.00. The maximum Gasteiger partial charge on any atom is 0.308 e. The van der Waals surface area contributed by atoms with Crippen molar-refractivity contribution in [2.24, 2.45) is 0 Å². The number of imide groups is 1. The highest BCUT2D eigenvalue weighted by Gasteiger charge is 2.39. The minimum absolute atomic E-state index is 0.101. The molecule has 4 rings (SSSR count). The molecule has 0 unspecified atom stereocenters. The second-order valence-electron chi connectivity index (χ2n) is 9.07. The van der Waals surface area contributed by atoms with Crippen molar-refractivity contribution in [1.82, 2.24) is 9.47 Å². The molecule has 1 aliphatic heterocycles. The van der Waals surface area contributed by atoms with Crippen LogP contribution in [0.25, 0.3) is 21.8 Å². The zero-order chi connectivity index (χ0) is 22.5. The number of aromatic nitrogens is 1. The summed E-state index contributed by atoms with van der Waals surface area (Å²) < 4.78 is 13.3. The highest BCUT2D eigenvalue weighted by molar-refractivity contribution is 6.76. The first-order valence-electron chi connectivity index (χ1n) is 10.3. The zero-order valence-electron chi connectivity index (χ0n) is 18.4. The van der Waals surface area contributed by atoms with Crippen molar-refractivity contribution in [3.8, 4) is 5.75 Å². The average molecular weight is 439 g/mol. The van der Waals surface area contributed by atoms with E-state index in [1.165, 1.54) is 14.0 Å². The number of carbonyl (C=O) groups is 3. The molecule has 8 heteroatoms. The Hall–Kier alpha value is -2.97. The van der Waals surface area contributed by atoms with Gasteiger partial charge in [0.25, 0.3) is 11.8 Å². The second kappa shape index (κ2) is 7.62. The Morgan fingerprint density at radius 2 is 1.71 bits per heavy atom. The molecular formula is C23H26N2O5Si. The van der Waals surface area contributed by atoms with Gasteiger partial charge in [0.05, 0.1) is 22.2 Å². The second-order valence-corrected chi connectivity index (χ2v) is 14.7. The molecule has 1 aliphatic rings. The molecule has 0 aliphatic carbocycles. The molecule has 2 aromatic carbocycles. The van der Waals surface area contributed by atoms with Crippen molar-refractivity contribution in [2.75, 3.05) is 13.7 Å². The Labute approximate surface area is 181 Å². The highest BCUT2D eigenvalue weighted by atomic mass is 28.3. The molecule has 31 heavy (non-hydrogen) atoms. The van der Waals surface area contributed by atoms with Crippen LogP contribution in [0, 0.1) is 0 Å². The predicted molar refractivity (Wildman–Crippen MR) is 121 cm³/mol. The monoisotopic (exact) mass is 438 g/mol. The van der Waals surface area contributed by atoms with Crippen molar-refractivity contribution < 1.29 is 23.9 Å². The van der Waals surface area contributed by atoms with Crippen molar-refractivity contribution in [2.45, 2.75) is 39.3 Å². The van der Waals surface area contributed by atoms with E-state index in [1.807, 2.05) is 28.8 Å². The van der Waals surface area contributed by atoms with E-state index in [4.69, 9.17) is 9.47 Å². The molecule has 162 valence electrons. The Bertz CT molecular complexity index is 1240. The maximum absolute atomic E-state index is 13.0. The third-order valence-electron chi connectivity index (χ3n) is 5.53. The summed E-state index contributed by atoms with van der Waals surface area (Å²) in [7, 11) is 0.205. The SMILES string of the molecule is CC(=O)Oc1cc2c(c3c1C(=O)N(C)C3=O)c1ccccc1n2COCC[Si](C)(C)C. The van der Waals surface area contributed by atoms with E-state index in [2.05, 4.69) is 19.6 Å². The molecular weight excluding hydrogens is 412 g/mol. The van der Waals surface area contributed by atoms with Gasteiger partial charge < -0.3 is 14.0 Å². The first-order chi connectivity index (χ1) is 14.6. The largest absolute Gasteiger partial charge is 0.426 e. The van der Waals surface area contributed by atoms with Crippen LogP contribution in [0.15, 0.2) is 30.3 Å². The molecule has 0 spiro atoms. The molecule has 0 atom stereocenters. The number of amides is 2. The molecule has 3 aromatic rings. The Balaban J connectivity index is 1.93. The van der Waals surface area contributed by atoms with Gasteiger partial charge in [-0.25, -0.2) is 0 Å². The number of esters is 1. The van der Waals surface area contributed by atoms with Crippen LogP contribution in [0.2, 0.25) is 25.7 Å². The van der Waals surface area contributed by atoms with Crippen molar-refractivity contribution in [3.05, 3.63) is 41.5 Å². The molecule has 0 saturated heterocycles. The summed E-state index contributed by atoms with van der Waals surface area (Å²) in [6.07, 6.45) is 0. The van der Waals surface area contributed by atoms with Gasteiger partial charge in [0.15, 0.2) is 0 Å². The number of nitrogens with zero attached hydrogens (tertiary/aromatic N) is 2. The van der Waals surface area contributed by atoms with Crippen LogP contribution in [0.3, 0.4) is 0 Å². The molecule has 1 aromatic heterocycles. The van der Waals surface area contributed by atoms with Crippen LogP contribution < -0.4 is 4.74 Å². The molecule has 2 heterocycles. The van der Waals surface area contributed by atoms with Crippen LogP contribution in [0.4, 0.5) is 0 Å². The molecule has 0 saturated carbocycles. The third kappa shape index (κ3) is 3.66. The molecule has 0 N–H and O–H groups in total. The lowest BCUT2D eigenvalue weighted by molar-refractivity contribution is -0.131. The topological polar surface area (TPSA) is 77.8 Å². The van der Waals surface area contributed by atoms with Crippen LogP contribution in [0.5, 0.6) is 5.75 Å². The predicted octanol–water partition coefficient (Wildman–Crippen LogP) is 4.26. The van der Waals surface area contributed by atoms with Crippen molar-refractivity contribution in [3.63, 3.8) is 0 Å². The average Bonchev–Trinajstić information content (AvgIpc) is 3.11. The Morgan fingerprint density at radius 3 is 2.39 bits per heavy atom. The van der Waals surface area contributed by atoms with Gasteiger partial charge in [-0.05, 0) is 12.1 Å². The fraction of sp³-hybridized carbons (Fsp3) is 0.348. The van der Waals surface area contributed by atoms with Gasteiger partial charge in [-0.2, -0.15) is 0 Å². The van der Waals surface area contributed by atoms with Crippen molar-refractivity contribution >= 4 is 47.7 Å². The zero-order valence-corrected chi connectivity index (χ0v) is 19.4. The normalized spacial score (nSPS) is 14.0. The summed E-state index contributed by atoms with van der Waals surface area (Å²) >= 11 is 0. The van der Waals surface area contributed by atoms with Crippen LogP contribution in [0.1, 0.15) is 27.6 Å². The summed E-state index contributed by atoms with van der Waals surface area (Å²) in [4.78, 5) is 38.6. The fourth-order valence-corrected chi connectivity index (χ4v) is 4.70. The Morgan fingerprint density at radius 1 is 1.03 bits per heavy atom. The van der Waals surface area contributed by atoms with Crippen LogP contribution in [-0.2, 0) is 16.3 Å². The quantitative estimate of drug-likeness (QED) is 0.189. The first kappa shape index (κ1) is 21.3. The van der Waals surface area contributed by atoms with Gasteiger partial charge in [0.2, 0.25) is 0 Å². The van der Waals surface area contributed by atoms with Gasteiger partial charge in [-0.3, -0.25) is 19.3 Å². The summed E-state index contributed by atoms with van der Waals surface area (Å²) in [6.45, 7) is 9.10. The fourth-order valence-electron chi connectivity index (χ4n) is 3.94. The van der Waals surface area contributed by atoms with Gasteiger partial charge >= 0.3 is 5.97 Å². The minimum Gasteiger partial charge on any atom is -0.426 e. The van der Waals surface area contributed by atoms with E-state index >= 15 is 0 Å². The van der Waals surface area contributed by atoms with Gasteiger partial charge in [0, 0.05) is 45.5 Å². The van der Waals surface area contributed by atoms with E-state index in [1.54, 1.807) is 6.07 Å². The smallest absolute Gasteiger partial charge is 0.308 e. The first-order valence-corrected chi connectivity index (χ1v) is 14.0. The molecule has 0 radical (unpaired) electrons. The number of fused-ring (bicyclic) bond motifs is 5. The van der Waals surface area contributed by atoms with Gasteiger partial charge in [0.1, 0.15) is 12.5 Å². The van der Waals surface area contributed by atoms with E-state index in [0.29, 0.717) is 24.2 Å². The number of benzene rings is 2. The van der Waals surface area contributed by atoms with Crippen molar-refractivity contribution in [1.29, 1.82) is 0 Å². The summed E-state index contributed by atoms with van der Waals surface area (Å²) in [5.74, 6) is -1.32. The molecule has 7 nitrogen and oxygen atoms in total. The number of para-hydroxylation sites is 1. The standard InChI is InChI=1S/C23H26N2O5Si/c1-14(26)30-18-12-17-19(21-20(18)22(27)24(2)23(21)28)15-8-6-7-9-16(15)25(17)13-29-10-11-31(3,4)5/h6-9,12H,10-11,13H2,1-5H3. The molecule has 0 fully saturated rings. The lowest BCUT2D eigenvalue weighted by Gasteiger charge is -2.16. The lowest BCUT2D eigenvalue weighted by Crippen LogP contribution is -2.24. The number of carbonyl (C=O) groups excluding carboxylic acids is 3. The lowest BCUT2D eigenvalue weighted by atomic mass is 10.0. The third-order valence-corrected chi connectivity index (χ3v) is 7.24. The minimum atomic E-state index is -1.23.